The van der Waals surface area contributed by atoms with Gasteiger partial charge in [-0.25, -0.2) is 14.6 Å². The van der Waals surface area contributed by atoms with Gasteiger partial charge in [-0.2, -0.15) is 26.3 Å². The summed E-state index contributed by atoms with van der Waals surface area (Å²) >= 11 is 3.25. The summed E-state index contributed by atoms with van der Waals surface area (Å²) in [5.41, 5.74) is 8.50. The standard InChI is InChI=1S/C24H25BrF3N3O.2C2HF3O2/c1-15-12-23(30-21-5-3-2-4-20(15)21)31(19-10-8-18(29)9-11-19)14-16-6-7-17(25)13-22(16)32-24(26,27)28;2*3-2(4,5)1(6)7/h2-7,12-13,18-19H,8-11,14,29H2,1H3;2*(H,6,7)/t18-,19+;;. The third-order valence-corrected chi connectivity index (χ3v) is 6.96. The molecule has 4 rings (SSSR count). The summed E-state index contributed by atoms with van der Waals surface area (Å²) in [6.45, 7) is 2.28. The summed E-state index contributed by atoms with van der Waals surface area (Å²) in [6, 6.07) is 14.9. The van der Waals surface area contributed by atoms with E-state index in [2.05, 4.69) is 25.6 Å². The number of ether oxygens (including phenoxy) is 1. The maximum absolute atomic E-state index is 13.1. The van der Waals surface area contributed by atoms with Crippen LogP contribution in [0.1, 0.15) is 36.8 Å². The van der Waals surface area contributed by atoms with Gasteiger partial charge in [0.25, 0.3) is 0 Å². The molecule has 254 valence electrons. The summed E-state index contributed by atoms with van der Waals surface area (Å²) in [5, 5.41) is 15.3. The zero-order valence-electron chi connectivity index (χ0n) is 23.7. The first-order valence-electron chi connectivity index (χ1n) is 13.1. The van der Waals surface area contributed by atoms with E-state index in [1.54, 1.807) is 12.1 Å². The molecule has 1 aliphatic carbocycles. The van der Waals surface area contributed by atoms with Crippen molar-refractivity contribution in [3.8, 4) is 5.75 Å². The topological polar surface area (TPSA) is 126 Å². The number of halogens is 10. The number of alkyl halides is 9. The van der Waals surface area contributed by atoms with Crippen LogP contribution in [0.2, 0.25) is 0 Å². The number of aliphatic carboxylic acids is 2. The van der Waals surface area contributed by atoms with Gasteiger partial charge in [0.1, 0.15) is 11.6 Å². The Kier molecular flexibility index (Phi) is 13.1. The van der Waals surface area contributed by atoms with Gasteiger partial charge in [-0.3, -0.25) is 0 Å². The first kappa shape index (κ1) is 38.4. The van der Waals surface area contributed by atoms with Crippen molar-refractivity contribution in [1.82, 2.24) is 4.98 Å². The van der Waals surface area contributed by atoms with E-state index in [1.165, 1.54) is 6.07 Å². The van der Waals surface area contributed by atoms with E-state index >= 15 is 0 Å². The van der Waals surface area contributed by atoms with E-state index in [0.717, 1.165) is 48.0 Å². The van der Waals surface area contributed by atoms with Crippen LogP contribution in [0.3, 0.4) is 0 Å². The number of nitrogens with two attached hydrogens (primary N) is 1. The molecule has 46 heavy (non-hydrogen) atoms. The summed E-state index contributed by atoms with van der Waals surface area (Å²) in [6.07, 6.45) is -11.5. The predicted molar refractivity (Wildman–Crippen MR) is 151 cm³/mol. The number of carboxylic acids is 2. The third-order valence-electron chi connectivity index (χ3n) is 6.47. The molecule has 0 saturated heterocycles. The Hall–Kier alpha value is -3.80. The number of anilines is 1. The lowest BCUT2D eigenvalue weighted by Crippen LogP contribution is -2.41. The molecule has 8 nitrogen and oxygen atoms in total. The fourth-order valence-corrected chi connectivity index (χ4v) is 4.69. The highest BCUT2D eigenvalue weighted by Gasteiger charge is 2.39. The van der Waals surface area contributed by atoms with Crippen LogP contribution in [-0.4, -0.2) is 57.9 Å². The quantitative estimate of drug-likeness (QED) is 0.227. The average Bonchev–Trinajstić information content (AvgIpc) is 2.92. The van der Waals surface area contributed by atoms with E-state index in [4.69, 9.17) is 30.5 Å². The minimum absolute atomic E-state index is 0.130. The lowest BCUT2D eigenvalue weighted by molar-refractivity contribution is -0.274. The maximum Gasteiger partial charge on any atom is 0.573 e. The number of carbonyl (C=O) groups is 2. The van der Waals surface area contributed by atoms with Crippen molar-refractivity contribution in [3.63, 3.8) is 0 Å². The van der Waals surface area contributed by atoms with Crippen molar-refractivity contribution in [2.45, 2.75) is 70.0 Å². The maximum atomic E-state index is 13.1. The van der Waals surface area contributed by atoms with Crippen LogP contribution in [0.5, 0.6) is 5.75 Å². The third kappa shape index (κ3) is 12.2. The van der Waals surface area contributed by atoms with E-state index in [9.17, 15) is 39.5 Å². The Morgan fingerprint density at radius 2 is 1.43 bits per heavy atom. The van der Waals surface area contributed by atoms with Crippen LogP contribution in [0, 0.1) is 6.92 Å². The zero-order chi connectivity index (χ0) is 35.0. The van der Waals surface area contributed by atoms with Crippen LogP contribution in [0.25, 0.3) is 10.9 Å². The molecule has 0 aliphatic heterocycles. The highest BCUT2D eigenvalue weighted by molar-refractivity contribution is 9.10. The zero-order valence-corrected chi connectivity index (χ0v) is 25.3. The second-order valence-electron chi connectivity index (χ2n) is 9.92. The Balaban J connectivity index is 0.000000440. The molecule has 4 N–H and O–H groups in total. The van der Waals surface area contributed by atoms with Crippen molar-refractivity contribution in [2.24, 2.45) is 5.73 Å². The summed E-state index contributed by atoms with van der Waals surface area (Å²) in [4.78, 5) is 24.8. The van der Waals surface area contributed by atoms with Crippen molar-refractivity contribution < 1.29 is 64.1 Å². The lowest BCUT2D eigenvalue weighted by Gasteiger charge is -2.37. The Morgan fingerprint density at radius 3 is 1.93 bits per heavy atom. The van der Waals surface area contributed by atoms with Crippen molar-refractivity contribution >= 4 is 44.6 Å². The van der Waals surface area contributed by atoms with Gasteiger partial charge in [0.15, 0.2) is 0 Å². The van der Waals surface area contributed by atoms with Crippen LogP contribution in [0.15, 0.2) is 53.0 Å². The van der Waals surface area contributed by atoms with Gasteiger partial charge in [0, 0.05) is 34.1 Å². The monoisotopic (exact) mass is 735 g/mol. The molecular weight excluding hydrogens is 709 g/mol. The van der Waals surface area contributed by atoms with E-state index in [1.807, 2.05) is 37.3 Å². The average molecular weight is 736 g/mol. The number of pyridine rings is 1. The Morgan fingerprint density at radius 1 is 0.913 bits per heavy atom. The molecule has 1 aromatic heterocycles. The van der Waals surface area contributed by atoms with Crippen LogP contribution >= 0.6 is 15.9 Å². The first-order chi connectivity index (χ1) is 21.1. The van der Waals surface area contributed by atoms with Crippen molar-refractivity contribution in [2.75, 3.05) is 4.90 Å². The minimum atomic E-state index is -5.08. The van der Waals surface area contributed by atoms with Gasteiger partial charge in [-0.15, -0.1) is 13.2 Å². The van der Waals surface area contributed by atoms with E-state index in [0.29, 0.717) is 10.0 Å². The summed E-state index contributed by atoms with van der Waals surface area (Å²) in [7, 11) is 0. The van der Waals surface area contributed by atoms with Crippen molar-refractivity contribution in [1.29, 1.82) is 0 Å². The molecule has 0 spiro atoms. The minimum Gasteiger partial charge on any atom is -0.475 e. The van der Waals surface area contributed by atoms with E-state index in [-0.39, 0.29) is 24.4 Å². The number of hydrogen-bond acceptors (Lipinski definition) is 6. The number of benzene rings is 2. The molecule has 1 fully saturated rings. The number of aromatic nitrogens is 1. The van der Waals surface area contributed by atoms with Crippen LogP contribution < -0.4 is 15.4 Å². The summed E-state index contributed by atoms with van der Waals surface area (Å²) in [5.74, 6) is -4.97. The number of rotatable bonds is 5. The number of nitrogens with zero attached hydrogens (tertiary/aromatic N) is 2. The van der Waals surface area contributed by atoms with Gasteiger partial charge in [0.05, 0.1) is 5.52 Å². The fourth-order valence-electron chi connectivity index (χ4n) is 4.35. The number of para-hydroxylation sites is 1. The van der Waals surface area contributed by atoms with Gasteiger partial charge >= 0.3 is 30.7 Å². The van der Waals surface area contributed by atoms with Gasteiger partial charge < -0.3 is 25.6 Å². The predicted octanol–water partition coefficient (Wildman–Crippen LogP) is 7.75. The Labute approximate surface area is 264 Å². The number of carboxylic acid groups (broad SMARTS) is 2. The lowest BCUT2D eigenvalue weighted by atomic mass is 9.90. The highest BCUT2D eigenvalue weighted by Crippen LogP contribution is 2.35. The molecule has 0 bridgehead atoms. The SMILES string of the molecule is Cc1cc(N(Cc2ccc(Br)cc2OC(F)(F)F)[C@H]2CC[C@@H](N)CC2)nc2ccccc12.O=C(O)C(F)(F)F.O=C(O)C(F)(F)F. The normalized spacial score (nSPS) is 16.8. The second-order valence-corrected chi connectivity index (χ2v) is 10.8. The fraction of sp³-hybridized carbons (Fsp3) is 0.393. The number of aryl methyl sites for hydroxylation is 1. The largest absolute Gasteiger partial charge is 0.573 e. The second kappa shape index (κ2) is 15.7. The van der Waals surface area contributed by atoms with Crippen LogP contribution in [0.4, 0.5) is 45.3 Å². The molecule has 1 aliphatic rings. The molecule has 0 amide bonds. The molecular formula is C28H27BrF9N3O5. The molecule has 1 heterocycles. The molecule has 0 radical (unpaired) electrons. The molecule has 2 aromatic carbocycles. The molecule has 18 heteroatoms. The van der Waals surface area contributed by atoms with Crippen molar-refractivity contribution in [3.05, 3.63) is 64.1 Å². The molecule has 3 aromatic rings. The molecule has 1 saturated carbocycles. The number of hydrogen-bond donors (Lipinski definition) is 3. The van der Waals surface area contributed by atoms with E-state index < -0.39 is 30.7 Å². The molecule has 0 atom stereocenters. The molecule has 0 unspecified atom stereocenters. The van der Waals surface area contributed by atoms with Crippen LogP contribution in [-0.2, 0) is 16.1 Å². The smallest absolute Gasteiger partial charge is 0.475 e. The van der Waals surface area contributed by atoms with Gasteiger partial charge in [0.2, 0.25) is 0 Å². The first-order valence-corrected chi connectivity index (χ1v) is 13.9. The number of fused-ring (bicyclic) bond motifs is 1. The highest BCUT2D eigenvalue weighted by atomic mass is 79.9. The van der Waals surface area contributed by atoms with Gasteiger partial charge in [-0.1, -0.05) is 40.2 Å². The van der Waals surface area contributed by atoms with Gasteiger partial charge in [-0.05, 0) is 62.4 Å². The Bertz CT molecular complexity index is 1470. The summed E-state index contributed by atoms with van der Waals surface area (Å²) < 4.78 is 108.